The van der Waals surface area contributed by atoms with Crippen molar-refractivity contribution in [3.05, 3.63) is 107 Å². The summed E-state index contributed by atoms with van der Waals surface area (Å²) in [4.78, 5) is 13.1. The molecule has 150 valence electrons. The third-order valence-corrected chi connectivity index (χ3v) is 5.24. The normalized spacial score (nSPS) is 16.0. The summed E-state index contributed by atoms with van der Waals surface area (Å²) in [5.41, 5.74) is 5.14. The van der Waals surface area contributed by atoms with Crippen LogP contribution in [0.5, 0.6) is 5.75 Å². The number of amides is 1. The molecule has 0 fully saturated rings. The van der Waals surface area contributed by atoms with Gasteiger partial charge in [-0.2, -0.15) is 5.10 Å². The van der Waals surface area contributed by atoms with Gasteiger partial charge in [0.1, 0.15) is 5.75 Å². The molecule has 0 bridgehead atoms. The summed E-state index contributed by atoms with van der Waals surface area (Å²) >= 11 is 0. The quantitative estimate of drug-likeness (QED) is 0.542. The number of ether oxygens (including phenoxy) is 1. The first-order valence-corrected chi connectivity index (χ1v) is 9.99. The average molecular weight is 396 g/mol. The van der Waals surface area contributed by atoms with E-state index in [0.29, 0.717) is 6.42 Å². The fourth-order valence-electron chi connectivity index (χ4n) is 3.53. The minimum atomic E-state index is -0.132. The summed E-state index contributed by atoms with van der Waals surface area (Å²) < 4.78 is 5.25. The van der Waals surface area contributed by atoms with Crippen LogP contribution in [0.25, 0.3) is 6.08 Å². The third-order valence-electron chi connectivity index (χ3n) is 5.24. The molecule has 1 aliphatic rings. The van der Waals surface area contributed by atoms with Gasteiger partial charge in [-0.25, -0.2) is 5.01 Å². The monoisotopic (exact) mass is 396 g/mol. The van der Waals surface area contributed by atoms with Gasteiger partial charge in [-0.15, -0.1) is 0 Å². The number of carbonyl (C=O) groups is 1. The number of hydrazone groups is 1. The van der Waals surface area contributed by atoms with Gasteiger partial charge in [-0.3, -0.25) is 4.79 Å². The summed E-state index contributed by atoms with van der Waals surface area (Å²) in [5, 5.41) is 6.32. The molecule has 0 radical (unpaired) electrons. The van der Waals surface area contributed by atoms with Gasteiger partial charge in [0.2, 0.25) is 0 Å². The van der Waals surface area contributed by atoms with Crippen LogP contribution >= 0.6 is 0 Å². The van der Waals surface area contributed by atoms with Crippen molar-refractivity contribution in [2.24, 2.45) is 5.10 Å². The van der Waals surface area contributed by atoms with Crippen LogP contribution < -0.4 is 4.74 Å². The lowest BCUT2D eigenvalue weighted by atomic mass is 9.97. The molecule has 4 nitrogen and oxygen atoms in total. The Bertz CT molecular complexity index is 1070. The second-order valence-electron chi connectivity index (χ2n) is 7.33. The first-order valence-electron chi connectivity index (χ1n) is 9.99. The van der Waals surface area contributed by atoms with Gasteiger partial charge in [0.15, 0.2) is 0 Å². The third kappa shape index (κ3) is 4.33. The molecule has 0 N–H and O–H groups in total. The Kier molecular flexibility index (Phi) is 5.75. The van der Waals surface area contributed by atoms with E-state index in [1.807, 2.05) is 60.7 Å². The van der Waals surface area contributed by atoms with Crippen molar-refractivity contribution < 1.29 is 9.53 Å². The Labute approximate surface area is 177 Å². The van der Waals surface area contributed by atoms with Crippen LogP contribution in [0.2, 0.25) is 0 Å². The second kappa shape index (κ2) is 8.78. The Morgan fingerprint density at radius 3 is 2.37 bits per heavy atom. The highest BCUT2D eigenvalue weighted by Crippen LogP contribution is 2.33. The number of methoxy groups -OCH3 is 1. The molecule has 1 aliphatic heterocycles. The van der Waals surface area contributed by atoms with Crippen molar-refractivity contribution >= 4 is 17.7 Å². The number of nitrogens with zero attached hydrogens (tertiary/aromatic N) is 2. The van der Waals surface area contributed by atoms with E-state index in [1.54, 1.807) is 18.2 Å². The molecule has 3 aromatic carbocycles. The zero-order chi connectivity index (χ0) is 20.9. The van der Waals surface area contributed by atoms with E-state index in [9.17, 15) is 4.79 Å². The first kappa shape index (κ1) is 19.6. The Morgan fingerprint density at radius 2 is 1.70 bits per heavy atom. The first-order chi connectivity index (χ1) is 14.6. The maximum atomic E-state index is 13.1. The highest BCUT2D eigenvalue weighted by Gasteiger charge is 2.32. The summed E-state index contributed by atoms with van der Waals surface area (Å²) in [6.07, 6.45) is 4.09. The predicted octanol–water partition coefficient (Wildman–Crippen LogP) is 5.39. The molecule has 1 atom stereocenters. The van der Waals surface area contributed by atoms with Crippen LogP contribution in [0.15, 0.2) is 90.0 Å². The van der Waals surface area contributed by atoms with Gasteiger partial charge < -0.3 is 4.74 Å². The molecule has 4 heteroatoms. The van der Waals surface area contributed by atoms with Crippen molar-refractivity contribution in [2.75, 3.05) is 7.11 Å². The zero-order valence-corrected chi connectivity index (χ0v) is 17.2. The van der Waals surface area contributed by atoms with Crippen molar-refractivity contribution in [3.8, 4) is 5.75 Å². The van der Waals surface area contributed by atoms with Crippen LogP contribution in [0.4, 0.5) is 0 Å². The molecular formula is C26H24N2O2. The molecule has 0 aliphatic carbocycles. The van der Waals surface area contributed by atoms with Crippen LogP contribution in [0.3, 0.4) is 0 Å². The average Bonchev–Trinajstić information content (AvgIpc) is 3.24. The molecular weight excluding hydrogens is 372 g/mol. The van der Waals surface area contributed by atoms with Crippen molar-refractivity contribution in [1.82, 2.24) is 5.01 Å². The molecule has 0 unspecified atom stereocenters. The second-order valence-corrected chi connectivity index (χ2v) is 7.33. The molecule has 0 saturated carbocycles. The number of aryl methyl sites for hydroxylation is 1. The predicted molar refractivity (Wildman–Crippen MR) is 120 cm³/mol. The van der Waals surface area contributed by atoms with E-state index in [0.717, 1.165) is 28.2 Å². The number of benzene rings is 3. The highest BCUT2D eigenvalue weighted by atomic mass is 16.5. The zero-order valence-electron chi connectivity index (χ0n) is 17.2. The standard InChI is InChI=1S/C26H24N2O2/c1-19-8-11-22(12-9-19)25-18-24(21-13-15-23(30-2)16-14-21)27-28(25)26(29)17-10-20-6-4-3-5-7-20/h3-17,25H,18H2,1-2H3/b17-10+/t25-/m0/s1. The molecule has 0 spiro atoms. The van der Waals surface area contributed by atoms with Crippen LogP contribution in [-0.4, -0.2) is 23.7 Å². The minimum Gasteiger partial charge on any atom is -0.497 e. The highest BCUT2D eigenvalue weighted by molar-refractivity contribution is 6.04. The van der Waals surface area contributed by atoms with Crippen LogP contribution in [-0.2, 0) is 4.79 Å². The van der Waals surface area contributed by atoms with E-state index in [-0.39, 0.29) is 11.9 Å². The Balaban J connectivity index is 1.64. The van der Waals surface area contributed by atoms with Gasteiger partial charge in [0, 0.05) is 12.5 Å². The minimum absolute atomic E-state index is 0.129. The van der Waals surface area contributed by atoms with Crippen LogP contribution in [0.1, 0.15) is 34.7 Å². The lowest BCUT2D eigenvalue weighted by molar-refractivity contribution is -0.127. The summed E-state index contributed by atoms with van der Waals surface area (Å²) in [7, 11) is 1.65. The number of carbonyl (C=O) groups excluding carboxylic acids is 1. The molecule has 4 rings (SSSR count). The fraction of sp³-hybridized carbons (Fsp3) is 0.154. The topological polar surface area (TPSA) is 41.9 Å². The Morgan fingerprint density at radius 1 is 1.00 bits per heavy atom. The summed E-state index contributed by atoms with van der Waals surface area (Å²) in [5.74, 6) is 0.666. The number of hydrogen-bond donors (Lipinski definition) is 0. The van der Waals surface area contributed by atoms with E-state index < -0.39 is 0 Å². The van der Waals surface area contributed by atoms with Crippen molar-refractivity contribution in [2.45, 2.75) is 19.4 Å². The summed E-state index contributed by atoms with van der Waals surface area (Å²) in [6.45, 7) is 2.06. The van der Waals surface area contributed by atoms with E-state index >= 15 is 0 Å². The largest absolute Gasteiger partial charge is 0.497 e. The maximum Gasteiger partial charge on any atom is 0.267 e. The summed E-state index contributed by atoms with van der Waals surface area (Å²) in [6, 6.07) is 25.8. The lowest BCUT2D eigenvalue weighted by Gasteiger charge is -2.21. The van der Waals surface area contributed by atoms with Crippen molar-refractivity contribution in [1.29, 1.82) is 0 Å². The molecule has 0 aromatic heterocycles. The van der Waals surface area contributed by atoms with Gasteiger partial charge in [-0.1, -0.05) is 60.2 Å². The lowest BCUT2D eigenvalue weighted by Crippen LogP contribution is -2.25. The smallest absolute Gasteiger partial charge is 0.267 e. The van der Waals surface area contributed by atoms with E-state index in [1.165, 1.54) is 5.56 Å². The van der Waals surface area contributed by atoms with E-state index in [2.05, 4.69) is 31.2 Å². The Hall–Kier alpha value is -3.66. The molecule has 0 saturated heterocycles. The molecule has 1 heterocycles. The van der Waals surface area contributed by atoms with Gasteiger partial charge in [0.25, 0.3) is 5.91 Å². The molecule has 3 aromatic rings. The number of rotatable bonds is 5. The molecule has 30 heavy (non-hydrogen) atoms. The van der Waals surface area contributed by atoms with Gasteiger partial charge >= 0.3 is 0 Å². The molecule has 1 amide bonds. The number of hydrogen-bond acceptors (Lipinski definition) is 3. The van der Waals surface area contributed by atoms with Crippen molar-refractivity contribution in [3.63, 3.8) is 0 Å². The fourth-order valence-corrected chi connectivity index (χ4v) is 3.53. The van der Waals surface area contributed by atoms with Crippen LogP contribution in [0, 0.1) is 6.92 Å². The van der Waals surface area contributed by atoms with Gasteiger partial charge in [-0.05, 0) is 54.0 Å². The maximum absolute atomic E-state index is 13.1. The SMILES string of the molecule is COc1ccc(C2=NN(C(=O)/C=C/c3ccccc3)[C@H](c3ccc(C)cc3)C2)cc1. The van der Waals surface area contributed by atoms with E-state index in [4.69, 9.17) is 9.84 Å². The van der Waals surface area contributed by atoms with Gasteiger partial charge in [0.05, 0.1) is 18.9 Å².